The van der Waals surface area contributed by atoms with Crippen molar-refractivity contribution in [1.29, 1.82) is 0 Å². The standard InChI is InChI=1S/C20H19N3O4S/c24-16(14-5-6-17-18(10-14)27-9-8-26-17)12-28-20-22-21-19(13-3-4-13)23(20)11-15-2-1-7-25-15/h1-2,5-7,10,13H,3-4,8-9,11-12H2. The average Bonchev–Trinajstić information content (AvgIpc) is 3.29. The molecule has 1 fully saturated rings. The van der Waals surface area contributed by atoms with Crippen LogP contribution in [0.25, 0.3) is 0 Å². The second-order valence-electron chi connectivity index (χ2n) is 6.85. The van der Waals surface area contributed by atoms with Crippen molar-refractivity contribution in [3.63, 3.8) is 0 Å². The molecule has 28 heavy (non-hydrogen) atoms. The molecule has 3 aromatic rings. The minimum absolute atomic E-state index is 0.0162. The summed E-state index contributed by atoms with van der Waals surface area (Å²) in [5.41, 5.74) is 0.608. The zero-order chi connectivity index (χ0) is 18.9. The first-order valence-electron chi connectivity index (χ1n) is 9.29. The third kappa shape index (κ3) is 3.52. The SMILES string of the molecule is O=C(CSc1nnc(C2CC2)n1Cc1ccco1)c1ccc2c(c1)OCCO2. The Morgan fingerprint density at radius 3 is 2.79 bits per heavy atom. The largest absolute Gasteiger partial charge is 0.486 e. The first-order valence-corrected chi connectivity index (χ1v) is 10.3. The van der Waals surface area contributed by atoms with E-state index in [0.717, 1.165) is 29.6 Å². The van der Waals surface area contributed by atoms with E-state index in [0.29, 0.717) is 42.7 Å². The van der Waals surface area contributed by atoms with Crippen molar-refractivity contribution in [2.45, 2.75) is 30.5 Å². The zero-order valence-corrected chi connectivity index (χ0v) is 16.0. The zero-order valence-electron chi connectivity index (χ0n) is 15.2. The molecule has 3 heterocycles. The molecule has 1 aromatic carbocycles. The lowest BCUT2D eigenvalue weighted by molar-refractivity contribution is 0.102. The fourth-order valence-electron chi connectivity index (χ4n) is 3.19. The van der Waals surface area contributed by atoms with E-state index >= 15 is 0 Å². The minimum atomic E-state index is 0.0162. The van der Waals surface area contributed by atoms with Crippen LogP contribution in [0.1, 0.15) is 40.7 Å². The number of carbonyl (C=O) groups excluding carboxylic acids is 1. The van der Waals surface area contributed by atoms with Crippen molar-refractivity contribution in [2.24, 2.45) is 0 Å². The summed E-state index contributed by atoms with van der Waals surface area (Å²) >= 11 is 1.40. The maximum atomic E-state index is 12.7. The van der Waals surface area contributed by atoms with Crippen LogP contribution in [0.3, 0.4) is 0 Å². The molecule has 7 nitrogen and oxygen atoms in total. The average molecular weight is 397 g/mol. The van der Waals surface area contributed by atoms with E-state index in [1.807, 2.05) is 12.1 Å². The van der Waals surface area contributed by atoms with E-state index in [-0.39, 0.29) is 11.5 Å². The van der Waals surface area contributed by atoms with Gasteiger partial charge >= 0.3 is 0 Å². The Labute approximate surface area is 166 Å². The van der Waals surface area contributed by atoms with Crippen LogP contribution in [0.15, 0.2) is 46.2 Å². The Hall–Kier alpha value is -2.74. The van der Waals surface area contributed by atoms with Gasteiger partial charge in [0.1, 0.15) is 24.8 Å². The molecule has 1 aliphatic carbocycles. The molecule has 0 atom stereocenters. The van der Waals surface area contributed by atoms with Gasteiger partial charge in [-0.3, -0.25) is 9.36 Å². The van der Waals surface area contributed by atoms with Crippen molar-refractivity contribution in [3.8, 4) is 11.5 Å². The Kier molecular flexibility index (Phi) is 4.56. The van der Waals surface area contributed by atoms with Gasteiger partial charge in [0.15, 0.2) is 22.4 Å². The van der Waals surface area contributed by atoms with Crippen LogP contribution in [0.5, 0.6) is 11.5 Å². The van der Waals surface area contributed by atoms with E-state index < -0.39 is 0 Å². The molecular weight excluding hydrogens is 378 g/mol. The molecule has 8 heteroatoms. The Morgan fingerprint density at radius 2 is 2.00 bits per heavy atom. The van der Waals surface area contributed by atoms with Gasteiger partial charge < -0.3 is 13.9 Å². The number of nitrogens with zero attached hydrogens (tertiary/aromatic N) is 3. The number of aromatic nitrogens is 3. The number of benzene rings is 1. The highest BCUT2D eigenvalue weighted by Gasteiger charge is 2.31. The maximum absolute atomic E-state index is 12.7. The number of fused-ring (bicyclic) bond motifs is 1. The third-order valence-electron chi connectivity index (χ3n) is 4.78. The van der Waals surface area contributed by atoms with E-state index in [1.54, 1.807) is 24.5 Å². The van der Waals surface area contributed by atoms with Gasteiger partial charge in [0.2, 0.25) is 0 Å². The first kappa shape index (κ1) is 17.4. The van der Waals surface area contributed by atoms with Crippen LogP contribution in [0, 0.1) is 0 Å². The fourth-order valence-corrected chi connectivity index (χ4v) is 4.03. The van der Waals surface area contributed by atoms with E-state index in [1.165, 1.54) is 11.8 Å². The van der Waals surface area contributed by atoms with Crippen molar-refractivity contribution in [2.75, 3.05) is 19.0 Å². The van der Waals surface area contributed by atoms with Gasteiger partial charge in [0.05, 0.1) is 18.6 Å². The Bertz CT molecular complexity index is 995. The summed E-state index contributed by atoms with van der Waals surface area (Å²) in [6.07, 6.45) is 3.93. The molecule has 0 bridgehead atoms. The van der Waals surface area contributed by atoms with Crippen molar-refractivity contribution in [1.82, 2.24) is 14.8 Å². The number of carbonyl (C=O) groups is 1. The topological polar surface area (TPSA) is 79.4 Å². The molecule has 1 aliphatic heterocycles. The second kappa shape index (κ2) is 7.35. The van der Waals surface area contributed by atoms with Crippen molar-refractivity contribution >= 4 is 17.5 Å². The Balaban J connectivity index is 1.31. The lowest BCUT2D eigenvalue weighted by atomic mass is 10.1. The third-order valence-corrected chi connectivity index (χ3v) is 5.75. The van der Waals surface area contributed by atoms with Gasteiger partial charge in [0.25, 0.3) is 0 Å². The van der Waals surface area contributed by atoms with Crippen LogP contribution in [-0.2, 0) is 6.54 Å². The van der Waals surface area contributed by atoms with Crippen LogP contribution in [0.2, 0.25) is 0 Å². The van der Waals surface area contributed by atoms with Gasteiger partial charge in [-0.15, -0.1) is 10.2 Å². The van der Waals surface area contributed by atoms with Gasteiger partial charge in [-0.05, 0) is 43.2 Å². The number of Topliss-reactive ketones (excluding diaryl/α,β-unsaturated/α-hetero) is 1. The van der Waals surface area contributed by atoms with Gasteiger partial charge in [0, 0.05) is 11.5 Å². The van der Waals surface area contributed by atoms with Crippen molar-refractivity contribution in [3.05, 3.63) is 53.7 Å². The quantitative estimate of drug-likeness (QED) is 0.446. The van der Waals surface area contributed by atoms with Gasteiger partial charge in [-0.1, -0.05) is 11.8 Å². The highest BCUT2D eigenvalue weighted by molar-refractivity contribution is 7.99. The number of hydrogen-bond acceptors (Lipinski definition) is 7. The summed E-state index contributed by atoms with van der Waals surface area (Å²) in [5.74, 6) is 3.89. The molecule has 0 saturated heterocycles. The smallest absolute Gasteiger partial charge is 0.192 e. The normalized spacial score (nSPS) is 15.6. The number of thioether (sulfide) groups is 1. The number of ether oxygens (including phenoxy) is 2. The molecule has 5 rings (SSSR count). The lowest BCUT2D eigenvalue weighted by Crippen LogP contribution is -2.16. The second-order valence-corrected chi connectivity index (χ2v) is 7.79. The molecule has 0 radical (unpaired) electrons. The summed E-state index contributed by atoms with van der Waals surface area (Å²) in [5, 5.41) is 9.44. The lowest BCUT2D eigenvalue weighted by Gasteiger charge is -2.18. The van der Waals surface area contributed by atoms with Crippen LogP contribution in [-0.4, -0.2) is 39.5 Å². The predicted molar refractivity (Wildman–Crippen MR) is 102 cm³/mol. The van der Waals surface area contributed by atoms with E-state index in [9.17, 15) is 4.79 Å². The molecule has 0 amide bonds. The highest BCUT2D eigenvalue weighted by Crippen LogP contribution is 2.40. The summed E-state index contributed by atoms with van der Waals surface area (Å²) in [6.45, 7) is 1.61. The Morgan fingerprint density at radius 1 is 1.14 bits per heavy atom. The molecule has 1 saturated carbocycles. The minimum Gasteiger partial charge on any atom is -0.486 e. The van der Waals surface area contributed by atoms with Crippen LogP contribution in [0.4, 0.5) is 0 Å². The number of rotatable bonds is 7. The monoisotopic (exact) mass is 397 g/mol. The van der Waals surface area contributed by atoms with Crippen molar-refractivity contribution < 1.29 is 18.7 Å². The molecule has 2 aliphatic rings. The first-order chi connectivity index (χ1) is 13.8. The molecular formula is C20H19N3O4S. The highest BCUT2D eigenvalue weighted by atomic mass is 32.2. The molecule has 0 unspecified atom stereocenters. The predicted octanol–water partition coefficient (Wildman–Crippen LogP) is 3.54. The van der Waals surface area contributed by atoms with Crippen LogP contribution >= 0.6 is 11.8 Å². The van der Waals surface area contributed by atoms with Gasteiger partial charge in [-0.25, -0.2) is 0 Å². The molecule has 2 aromatic heterocycles. The van der Waals surface area contributed by atoms with Crippen LogP contribution < -0.4 is 9.47 Å². The molecule has 0 spiro atoms. The van der Waals surface area contributed by atoms with E-state index in [2.05, 4.69) is 14.8 Å². The fraction of sp³-hybridized carbons (Fsp3) is 0.350. The summed E-state index contributed by atoms with van der Waals surface area (Å²) in [6, 6.07) is 9.12. The number of furan rings is 1. The molecule has 0 N–H and O–H groups in total. The number of hydrogen-bond donors (Lipinski definition) is 0. The van der Waals surface area contributed by atoms with Gasteiger partial charge in [-0.2, -0.15) is 0 Å². The number of ketones is 1. The maximum Gasteiger partial charge on any atom is 0.192 e. The summed E-state index contributed by atoms with van der Waals surface area (Å²) in [4.78, 5) is 12.7. The summed E-state index contributed by atoms with van der Waals surface area (Å²) in [7, 11) is 0. The molecule has 144 valence electrons. The summed E-state index contributed by atoms with van der Waals surface area (Å²) < 4.78 is 18.6. The van der Waals surface area contributed by atoms with E-state index in [4.69, 9.17) is 13.9 Å².